The molecular formula is C21H25F3N2O. The second-order valence-electron chi connectivity index (χ2n) is 7.37. The fourth-order valence-electron chi connectivity index (χ4n) is 4.07. The fourth-order valence-corrected chi connectivity index (χ4v) is 4.07. The molecule has 6 heteroatoms. The topological polar surface area (TPSA) is 25.2 Å². The van der Waals surface area contributed by atoms with Crippen LogP contribution >= 0.6 is 0 Å². The Bertz CT molecular complexity index is 811. The quantitative estimate of drug-likeness (QED) is 0.727. The van der Waals surface area contributed by atoms with Gasteiger partial charge in [0.2, 0.25) is 0 Å². The number of rotatable bonds is 3. The number of aryl methyl sites for hydroxylation is 1. The van der Waals surface area contributed by atoms with Crippen molar-refractivity contribution in [2.24, 2.45) is 5.92 Å². The van der Waals surface area contributed by atoms with Crippen LogP contribution in [0.2, 0.25) is 0 Å². The molecule has 3 nitrogen and oxygen atoms in total. The van der Waals surface area contributed by atoms with Crippen molar-refractivity contribution in [3.63, 3.8) is 0 Å². The van der Waals surface area contributed by atoms with Crippen LogP contribution in [0.3, 0.4) is 0 Å². The largest absolute Gasteiger partial charge is 0.393 e. The summed E-state index contributed by atoms with van der Waals surface area (Å²) in [5.41, 5.74) is 3.34. The lowest BCUT2D eigenvalue weighted by molar-refractivity contribution is -0.184. The van der Waals surface area contributed by atoms with Crippen LogP contribution in [0.4, 0.5) is 13.2 Å². The van der Waals surface area contributed by atoms with Crippen molar-refractivity contribution in [2.45, 2.75) is 45.8 Å². The fraction of sp³-hybridized carbons (Fsp3) is 0.476. The Labute approximate surface area is 157 Å². The molecule has 0 bridgehead atoms. The molecule has 0 radical (unpaired) electrons. The van der Waals surface area contributed by atoms with Crippen molar-refractivity contribution < 1.29 is 18.0 Å². The van der Waals surface area contributed by atoms with E-state index < -0.39 is 12.1 Å². The standard InChI is InChI=1S/C21H25F3N2O/c1-14-12-19(16(3)26(14)15(2)17-8-5-4-6-9-17)20(27)25-11-7-10-18(13-25)21(22,23)24/h4-6,8-9,12,15,18H,7,10-11,13H2,1-3H3. The van der Waals surface area contributed by atoms with E-state index in [0.717, 1.165) is 17.0 Å². The van der Waals surface area contributed by atoms with Crippen molar-refractivity contribution in [1.82, 2.24) is 9.47 Å². The highest BCUT2D eigenvalue weighted by molar-refractivity contribution is 5.95. The average Bonchev–Trinajstić information content (AvgIpc) is 2.95. The Hall–Kier alpha value is -2.24. The molecule has 1 aliphatic heterocycles. The minimum atomic E-state index is -4.25. The molecule has 2 heterocycles. The number of carbonyl (C=O) groups is 1. The number of benzene rings is 1. The molecular weight excluding hydrogens is 353 g/mol. The van der Waals surface area contributed by atoms with Gasteiger partial charge in [0, 0.05) is 24.5 Å². The maximum atomic E-state index is 13.1. The number of aromatic nitrogens is 1. The Morgan fingerprint density at radius 2 is 1.85 bits per heavy atom. The Morgan fingerprint density at radius 3 is 2.48 bits per heavy atom. The summed E-state index contributed by atoms with van der Waals surface area (Å²) in [5.74, 6) is -1.73. The van der Waals surface area contributed by atoms with Gasteiger partial charge in [0.05, 0.1) is 17.5 Å². The minimum Gasteiger partial charge on any atom is -0.341 e. The molecule has 0 saturated carbocycles. The molecule has 1 aliphatic rings. The molecule has 27 heavy (non-hydrogen) atoms. The maximum Gasteiger partial charge on any atom is 0.393 e. The van der Waals surface area contributed by atoms with Gasteiger partial charge in [0.25, 0.3) is 5.91 Å². The summed E-state index contributed by atoms with van der Waals surface area (Å²) in [6, 6.07) is 11.8. The molecule has 1 saturated heterocycles. The molecule has 2 atom stereocenters. The van der Waals surface area contributed by atoms with Gasteiger partial charge in [0.15, 0.2) is 0 Å². The van der Waals surface area contributed by atoms with Crippen LogP contribution in [-0.2, 0) is 0 Å². The third-order valence-corrected chi connectivity index (χ3v) is 5.56. The molecule has 2 unspecified atom stereocenters. The predicted molar refractivity (Wildman–Crippen MR) is 98.8 cm³/mol. The van der Waals surface area contributed by atoms with Crippen LogP contribution in [0.15, 0.2) is 36.4 Å². The zero-order valence-corrected chi connectivity index (χ0v) is 15.9. The molecule has 0 spiro atoms. The number of hydrogen-bond donors (Lipinski definition) is 0. The number of piperidine rings is 1. The highest BCUT2D eigenvalue weighted by Crippen LogP contribution is 2.34. The first kappa shape index (κ1) is 19.5. The summed E-state index contributed by atoms with van der Waals surface area (Å²) < 4.78 is 41.3. The predicted octanol–water partition coefficient (Wildman–Crippen LogP) is 5.13. The number of carbonyl (C=O) groups excluding carboxylic acids is 1. The van der Waals surface area contributed by atoms with Gasteiger partial charge in [-0.15, -0.1) is 0 Å². The van der Waals surface area contributed by atoms with Crippen LogP contribution in [0.25, 0.3) is 0 Å². The van der Waals surface area contributed by atoms with E-state index in [2.05, 4.69) is 11.5 Å². The first-order valence-corrected chi connectivity index (χ1v) is 9.29. The van der Waals surface area contributed by atoms with Gasteiger partial charge in [-0.3, -0.25) is 4.79 Å². The van der Waals surface area contributed by atoms with Gasteiger partial charge in [-0.05, 0) is 45.2 Å². The van der Waals surface area contributed by atoms with Crippen molar-refractivity contribution in [3.05, 3.63) is 58.9 Å². The van der Waals surface area contributed by atoms with E-state index in [0.29, 0.717) is 18.5 Å². The van der Waals surface area contributed by atoms with E-state index >= 15 is 0 Å². The lowest BCUT2D eigenvalue weighted by Gasteiger charge is -2.33. The minimum absolute atomic E-state index is 0.0389. The second kappa shape index (κ2) is 7.41. The normalized spacial score (nSPS) is 19.2. The molecule has 1 aromatic heterocycles. The monoisotopic (exact) mass is 378 g/mol. The lowest BCUT2D eigenvalue weighted by Crippen LogP contribution is -2.44. The first-order valence-electron chi connectivity index (χ1n) is 9.29. The van der Waals surface area contributed by atoms with E-state index in [1.54, 1.807) is 6.07 Å². The molecule has 1 amide bonds. The van der Waals surface area contributed by atoms with E-state index in [1.807, 2.05) is 44.2 Å². The molecule has 1 aromatic carbocycles. The third kappa shape index (κ3) is 3.89. The Kier molecular flexibility index (Phi) is 5.36. The summed E-state index contributed by atoms with van der Waals surface area (Å²) in [4.78, 5) is 14.3. The van der Waals surface area contributed by atoms with E-state index in [9.17, 15) is 18.0 Å². The first-order chi connectivity index (χ1) is 12.7. The summed E-state index contributed by atoms with van der Waals surface area (Å²) >= 11 is 0. The van der Waals surface area contributed by atoms with Gasteiger partial charge in [0.1, 0.15) is 0 Å². The van der Waals surface area contributed by atoms with Gasteiger partial charge >= 0.3 is 6.18 Å². The van der Waals surface area contributed by atoms with Gasteiger partial charge in [-0.2, -0.15) is 13.2 Å². The van der Waals surface area contributed by atoms with Crippen LogP contribution < -0.4 is 0 Å². The summed E-state index contributed by atoms with van der Waals surface area (Å²) in [6.07, 6.45) is -3.77. The van der Waals surface area contributed by atoms with E-state index in [4.69, 9.17) is 0 Å². The van der Waals surface area contributed by atoms with Crippen LogP contribution in [0.1, 0.15) is 53.1 Å². The molecule has 3 rings (SSSR count). The van der Waals surface area contributed by atoms with Crippen molar-refractivity contribution in [3.8, 4) is 0 Å². The van der Waals surface area contributed by atoms with Gasteiger partial charge in [-0.1, -0.05) is 30.3 Å². The molecule has 146 valence electrons. The lowest BCUT2D eigenvalue weighted by atomic mass is 9.97. The number of alkyl halides is 3. The van der Waals surface area contributed by atoms with Crippen molar-refractivity contribution >= 4 is 5.91 Å². The third-order valence-electron chi connectivity index (χ3n) is 5.56. The SMILES string of the molecule is Cc1cc(C(=O)N2CCCC(C(F)(F)F)C2)c(C)n1C(C)c1ccccc1. The zero-order valence-electron chi connectivity index (χ0n) is 15.9. The van der Waals surface area contributed by atoms with Crippen molar-refractivity contribution in [1.29, 1.82) is 0 Å². The van der Waals surface area contributed by atoms with Gasteiger partial charge in [-0.25, -0.2) is 0 Å². The van der Waals surface area contributed by atoms with E-state index in [1.165, 1.54) is 4.90 Å². The highest BCUT2D eigenvalue weighted by Gasteiger charge is 2.43. The van der Waals surface area contributed by atoms with Crippen molar-refractivity contribution in [2.75, 3.05) is 13.1 Å². The number of hydrogen-bond acceptors (Lipinski definition) is 1. The highest BCUT2D eigenvalue weighted by atomic mass is 19.4. The number of likely N-dealkylation sites (tertiary alicyclic amines) is 1. The Balaban J connectivity index is 1.86. The molecule has 0 N–H and O–H groups in total. The summed E-state index contributed by atoms with van der Waals surface area (Å²) in [6.45, 7) is 5.98. The molecule has 2 aromatic rings. The number of nitrogens with zero attached hydrogens (tertiary/aromatic N) is 2. The molecule has 0 aliphatic carbocycles. The average molecular weight is 378 g/mol. The van der Waals surface area contributed by atoms with Crippen LogP contribution in [0, 0.1) is 19.8 Å². The van der Waals surface area contributed by atoms with Gasteiger partial charge < -0.3 is 9.47 Å². The Morgan fingerprint density at radius 1 is 1.19 bits per heavy atom. The van der Waals surface area contributed by atoms with Crippen LogP contribution in [0.5, 0.6) is 0 Å². The number of amides is 1. The number of halogens is 3. The smallest absolute Gasteiger partial charge is 0.341 e. The molecule has 1 fully saturated rings. The summed E-state index contributed by atoms with van der Waals surface area (Å²) in [5, 5.41) is 0. The van der Waals surface area contributed by atoms with E-state index in [-0.39, 0.29) is 24.9 Å². The summed E-state index contributed by atoms with van der Waals surface area (Å²) in [7, 11) is 0. The van der Waals surface area contributed by atoms with Crippen LogP contribution in [-0.4, -0.2) is 34.6 Å². The zero-order chi connectivity index (χ0) is 19.8. The second-order valence-corrected chi connectivity index (χ2v) is 7.37. The maximum absolute atomic E-state index is 13.1.